The molecule has 2 aliphatic rings. The number of rotatable bonds is 6. The maximum Gasteiger partial charge on any atom is 0.263 e. The number of piperazine rings is 2. The Hall–Kier alpha value is -3.67. The highest BCUT2D eigenvalue weighted by Crippen LogP contribution is 2.22. The Balaban J connectivity index is 1.24. The van der Waals surface area contributed by atoms with Gasteiger partial charge in [-0.15, -0.1) is 15.3 Å². The summed E-state index contributed by atoms with van der Waals surface area (Å²) in [5, 5.41) is 19.6. The minimum absolute atomic E-state index is 0.0494. The number of fused-ring (bicyclic) bond motifs is 1. The third-order valence-corrected chi connectivity index (χ3v) is 6.15. The number of amides is 1. The summed E-state index contributed by atoms with van der Waals surface area (Å²) >= 11 is 0. The quantitative estimate of drug-likeness (QED) is 0.579. The van der Waals surface area contributed by atoms with Gasteiger partial charge in [0.1, 0.15) is 18.3 Å². The zero-order valence-corrected chi connectivity index (χ0v) is 18.6. The fraction of sp³-hybridized carbons (Fsp3) is 0.409. The standard InChI is InChI=1S/C22H24F2N8O2/c1-14-18(32(29-26-14)16-4-2-15(3-5-16)21(23)24)13-34-20-7-6-19(27-28-20)31-11-10-30-9-8-25-22(33)17(30)12-31/h2-7,17,21H,8-13H2,1H3,(H,25,33). The van der Waals surface area contributed by atoms with Crippen molar-refractivity contribution in [2.75, 3.05) is 37.6 Å². The molecule has 2 saturated heterocycles. The highest BCUT2D eigenvalue weighted by molar-refractivity contribution is 5.83. The number of hydrogen-bond donors (Lipinski definition) is 1. The van der Waals surface area contributed by atoms with Crippen molar-refractivity contribution in [2.45, 2.75) is 26.0 Å². The van der Waals surface area contributed by atoms with Crippen molar-refractivity contribution in [2.24, 2.45) is 0 Å². The number of alkyl halides is 2. The predicted octanol–water partition coefficient (Wildman–Crippen LogP) is 1.50. The van der Waals surface area contributed by atoms with Gasteiger partial charge in [-0.2, -0.15) is 0 Å². The van der Waals surface area contributed by atoms with E-state index in [1.807, 2.05) is 6.07 Å². The van der Waals surface area contributed by atoms with Gasteiger partial charge < -0.3 is 15.0 Å². The number of halogens is 2. The summed E-state index contributed by atoms with van der Waals surface area (Å²) in [4.78, 5) is 16.4. The average molecular weight is 470 g/mol. The topological polar surface area (TPSA) is 101 Å². The zero-order valence-electron chi connectivity index (χ0n) is 18.6. The van der Waals surface area contributed by atoms with Gasteiger partial charge in [0.2, 0.25) is 11.8 Å². The second-order valence-electron chi connectivity index (χ2n) is 8.23. The first-order chi connectivity index (χ1) is 16.5. The molecule has 0 saturated carbocycles. The molecule has 1 N–H and O–H groups in total. The van der Waals surface area contributed by atoms with Crippen LogP contribution in [0.5, 0.6) is 5.88 Å². The zero-order chi connectivity index (χ0) is 23.7. The van der Waals surface area contributed by atoms with E-state index in [-0.39, 0.29) is 24.1 Å². The van der Waals surface area contributed by atoms with Crippen molar-refractivity contribution < 1.29 is 18.3 Å². The molecule has 0 spiro atoms. The first kappa shape index (κ1) is 22.1. The largest absolute Gasteiger partial charge is 0.470 e. The average Bonchev–Trinajstić information content (AvgIpc) is 3.23. The lowest BCUT2D eigenvalue weighted by Crippen LogP contribution is -2.64. The van der Waals surface area contributed by atoms with Gasteiger partial charge in [-0.3, -0.25) is 9.69 Å². The maximum atomic E-state index is 12.8. The number of benzene rings is 1. The third-order valence-electron chi connectivity index (χ3n) is 6.15. The summed E-state index contributed by atoms with van der Waals surface area (Å²) < 4.78 is 33.1. The molecule has 10 nitrogen and oxygen atoms in total. The maximum absolute atomic E-state index is 12.8. The number of carbonyl (C=O) groups excluding carboxylic acids is 1. The Morgan fingerprint density at radius 1 is 1.09 bits per heavy atom. The monoisotopic (exact) mass is 470 g/mol. The van der Waals surface area contributed by atoms with E-state index in [1.54, 1.807) is 29.8 Å². The molecular formula is C22H24F2N8O2. The van der Waals surface area contributed by atoms with E-state index in [0.717, 1.165) is 19.6 Å². The Bertz CT molecular complexity index is 1150. The second kappa shape index (κ2) is 9.29. The van der Waals surface area contributed by atoms with Gasteiger partial charge in [0.15, 0.2) is 5.82 Å². The first-order valence-corrected chi connectivity index (χ1v) is 11.0. The molecular weight excluding hydrogens is 446 g/mol. The van der Waals surface area contributed by atoms with E-state index < -0.39 is 6.43 Å². The SMILES string of the molecule is Cc1nnn(-c2ccc(C(F)F)cc2)c1COc1ccc(N2CCN3CCNC(=O)C3C2)nn1. The van der Waals surface area contributed by atoms with E-state index >= 15 is 0 Å². The van der Waals surface area contributed by atoms with E-state index in [0.29, 0.717) is 41.9 Å². The second-order valence-corrected chi connectivity index (χ2v) is 8.23. The third kappa shape index (κ3) is 4.40. The Morgan fingerprint density at radius 3 is 2.65 bits per heavy atom. The van der Waals surface area contributed by atoms with Gasteiger partial charge in [0.25, 0.3) is 6.43 Å². The molecule has 178 valence electrons. The van der Waals surface area contributed by atoms with Gasteiger partial charge in [0, 0.05) is 44.4 Å². The summed E-state index contributed by atoms with van der Waals surface area (Å²) in [6.45, 7) is 5.62. The van der Waals surface area contributed by atoms with Gasteiger partial charge in [-0.1, -0.05) is 17.3 Å². The number of anilines is 1. The number of hydrogen-bond acceptors (Lipinski definition) is 8. The Kier molecular flexibility index (Phi) is 6.05. The molecule has 34 heavy (non-hydrogen) atoms. The number of carbonyl (C=O) groups is 1. The molecule has 1 amide bonds. The number of aryl methyl sites for hydroxylation is 1. The number of nitrogens with one attached hydrogen (secondary N) is 1. The molecule has 2 fully saturated rings. The van der Waals surface area contributed by atoms with Crippen LogP contribution in [0.1, 0.15) is 23.4 Å². The van der Waals surface area contributed by atoms with Gasteiger partial charge in [-0.25, -0.2) is 13.5 Å². The molecule has 4 heterocycles. The lowest BCUT2D eigenvalue weighted by Gasteiger charge is -2.43. The molecule has 12 heteroatoms. The van der Waals surface area contributed by atoms with Gasteiger partial charge in [0.05, 0.1) is 11.4 Å². The van der Waals surface area contributed by atoms with Crippen molar-refractivity contribution in [3.63, 3.8) is 0 Å². The highest BCUT2D eigenvalue weighted by atomic mass is 19.3. The van der Waals surface area contributed by atoms with Crippen LogP contribution in [0.2, 0.25) is 0 Å². The normalized spacial score (nSPS) is 18.6. The summed E-state index contributed by atoms with van der Waals surface area (Å²) in [6.07, 6.45) is -2.53. The van der Waals surface area contributed by atoms with Crippen molar-refractivity contribution in [3.05, 3.63) is 53.3 Å². The van der Waals surface area contributed by atoms with E-state index in [1.165, 1.54) is 12.1 Å². The van der Waals surface area contributed by atoms with Crippen molar-refractivity contribution >= 4 is 11.7 Å². The molecule has 1 atom stereocenters. The first-order valence-electron chi connectivity index (χ1n) is 11.0. The smallest absolute Gasteiger partial charge is 0.263 e. The van der Waals surface area contributed by atoms with Crippen molar-refractivity contribution in [1.82, 2.24) is 35.4 Å². The molecule has 0 radical (unpaired) electrons. The van der Waals surface area contributed by atoms with Crippen LogP contribution in [0.15, 0.2) is 36.4 Å². The molecule has 1 aromatic carbocycles. The predicted molar refractivity (Wildman–Crippen MR) is 118 cm³/mol. The number of aromatic nitrogens is 5. The van der Waals surface area contributed by atoms with Gasteiger partial charge >= 0.3 is 0 Å². The van der Waals surface area contributed by atoms with Crippen molar-refractivity contribution in [1.29, 1.82) is 0 Å². The Morgan fingerprint density at radius 2 is 1.91 bits per heavy atom. The van der Waals surface area contributed by atoms with E-state index in [9.17, 15) is 13.6 Å². The lowest BCUT2D eigenvalue weighted by molar-refractivity contribution is -0.129. The molecule has 0 aliphatic carbocycles. The highest BCUT2D eigenvalue weighted by Gasteiger charge is 2.35. The fourth-order valence-electron chi connectivity index (χ4n) is 4.20. The molecule has 1 unspecified atom stereocenters. The van der Waals surface area contributed by atoms with Crippen LogP contribution in [-0.4, -0.2) is 74.8 Å². The molecule has 3 aromatic rings. The van der Waals surface area contributed by atoms with Crippen LogP contribution in [0.3, 0.4) is 0 Å². The molecule has 2 aromatic heterocycles. The minimum Gasteiger partial charge on any atom is -0.470 e. The van der Waals surface area contributed by atoms with Gasteiger partial charge in [-0.05, 0) is 25.1 Å². The number of ether oxygens (including phenoxy) is 1. The van der Waals surface area contributed by atoms with Crippen LogP contribution in [-0.2, 0) is 11.4 Å². The van der Waals surface area contributed by atoms with Crippen LogP contribution >= 0.6 is 0 Å². The lowest BCUT2D eigenvalue weighted by atomic mass is 10.1. The molecule has 2 aliphatic heterocycles. The van der Waals surface area contributed by atoms with Crippen LogP contribution in [0, 0.1) is 6.92 Å². The molecule has 0 bridgehead atoms. The summed E-state index contributed by atoms with van der Waals surface area (Å²) in [5.74, 6) is 1.07. The summed E-state index contributed by atoms with van der Waals surface area (Å²) in [7, 11) is 0. The summed E-state index contributed by atoms with van der Waals surface area (Å²) in [5.41, 5.74) is 1.89. The number of nitrogens with zero attached hydrogens (tertiary/aromatic N) is 7. The van der Waals surface area contributed by atoms with Crippen LogP contribution in [0.4, 0.5) is 14.6 Å². The fourth-order valence-corrected chi connectivity index (χ4v) is 4.20. The van der Waals surface area contributed by atoms with Crippen molar-refractivity contribution in [3.8, 4) is 11.6 Å². The summed E-state index contributed by atoms with van der Waals surface area (Å²) in [6, 6.07) is 9.25. The van der Waals surface area contributed by atoms with E-state index in [4.69, 9.17) is 4.74 Å². The molecule has 5 rings (SSSR count). The van der Waals surface area contributed by atoms with E-state index in [2.05, 4.69) is 35.6 Å². The Labute approximate surface area is 194 Å². The van der Waals surface area contributed by atoms with Crippen LogP contribution in [0.25, 0.3) is 5.69 Å². The minimum atomic E-state index is -2.53. The van der Waals surface area contributed by atoms with Crippen LogP contribution < -0.4 is 15.0 Å².